The van der Waals surface area contributed by atoms with Crippen molar-refractivity contribution in [3.8, 4) is 0 Å². The Labute approximate surface area is 160 Å². The summed E-state index contributed by atoms with van der Waals surface area (Å²) >= 11 is 1.36. The number of piperazine rings is 1. The van der Waals surface area contributed by atoms with Crippen molar-refractivity contribution in [1.29, 1.82) is 0 Å². The summed E-state index contributed by atoms with van der Waals surface area (Å²) in [6, 6.07) is 8.79. The van der Waals surface area contributed by atoms with Gasteiger partial charge in [0.05, 0.1) is 10.2 Å². The van der Waals surface area contributed by atoms with Gasteiger partial charge in [-0.1, -0.05) is 11.3 Å². The van der Waals surface area contributed by atoms with Crippen LogP contribution in [0.1, 0.15) is 20.7 Å². The number of hydrogen-bond donors (Lipinski definition) is 1. The molecule has 3 aromatic rings. The summed E-state index contributed by atoms with van der Waals surface area (Å²) in [5, 5.41) is 3.31. The molecule has 1 saturated heterocycles. The van der Waals surface area contributed by atoms with Crippen molar-refractivity contribution in [2.75, 3.05) is 38.5 Å². The standard InChI is InChI=1S/C19H19N5O2S/c1-23-8-10-24(11-9-23)18(26)14-2-3-15-16(12-14)27-19(21-15)22-17(25)13-4-6-20-7-5-13/h2-7,12H,8-11H2,1H3,(H,21,22,25). The Morgan fingerprint density at radius 3 is 2.52 bits per heavy atom. The SMILES string of the molecule is CN1CCN(C(=O)c2ccc3nc(NC(=O)c4ccncc4)sc3c2)CC1. The predicted octanol–water partition coefficient (Wildman–Crippen LogP) is 2.33. The third kappa shape index (κ3) is 3.81. The molecule has 4 rings (SSSR count). The number of carbonyl (C=O) groups excluding carboxylic acids is 2. The number of pyridine rings is 1. The molecule has 2 aromatic heterocycles. The third-order valence-electron chi connectivity index (χ3n) is 4.59. The van der Waals surface area contributed by atoms with E-state index in [9.17, 15) is 9.59 Å². The van der Waals surface area contributed by atoms with Crippen molar-refractivity contribution in [3.63, 3.8) is 0 Å². The van der Waals surface area contributed by atoms with E-state index < -0.39 is 0 Å². The molecule has 0 saturated carbocycles. The molecule has 0 spiro atoms. The second kappa shape index (κ2) is 7.42. The number of aromatic nitrogens is 2. The highest BCUT2D eigenvalue weighted by atomic mass is 32.1. The van der Waals surface area contributed by atoms with Crippen LogP contribution in [-0.4, -0.2) is 64.8 Å². The van der Waals surface area contributed by atoms with Gasteiger partial charge in [0.25, 0.3) is 11.8 Å². The molecule has 138 valence electrons. The first-order chi connectivity index (χ1) is 13.1. The number of carbonyl (C=O) groups is 2. The van der Waals surface area contributed by atoms with E-state index in [4.69, 9.17) is 0 Å². The van der Waals surface area contributed by atoms with E-state index in [1.807, 2.05) is 17.0 Å². The number of nitrogens with zero attached hydrogens (tertiary/aromatic N) is 4. The minimum Gasteiger partial charge on any atom is -0.336 e. The number of fused-ring (bicyclic) bond motifs is 1. The van der Waals surface area contributed by atoms with E-state index in [1.54, 1.807) is 30.6 Å². The van der Waals surface area contributed by atoms with Crippen LogP contribution in [0.15, 0.2) is 42.7 Å². The summed E-state index contributed by atoms with van der Waals surface area (Å²) in [5.41, 5.74) is 1.94. The monoisotopic (exact) mass is 381 g/mol. The van der Waals surface area contributed by atoms with Crippen molar-refractivity contribution in [2.24, 2.45) is 0 Å². The molecule has 8 heteroatoms. The molecule has 0 aliphatic carbocycles. The van der Waals surface area contributed by atoms with E-state index in [0.717, 1.165) is 36.4 Å². The molecule has 0 radical (unpaired) electrons. The minimum atomic E-state index is -0.231. The van der Waals surface area contributed by atoms with Crippen LogP contribution in [0.4, 0.5) is 5.13 Å². The van der Waals surface area contributed by atoms with Gasteiger partial charge in [-0.15, -0.1) is 0 Å². The van der Waals surface area contributed by atoms with Gasteiger partial charge < -0.3 is 9.80 Å². The zero-order valence-electron chi connectivity index (χ0n) is 14.9. The van der Waals surface area contributed by atoms with Crippen molar-refractivity contribution in [2.45, 2.75) is 0 Å². The van der Waals surface area contributed by atoms with E-state index >= 15 is 0 Å². The molecule has 2 amide bonds. The van der Waals surface area contributed by atoms with Crippen LogP contribution < -0.4 is 5.32 Å². The van der Waals surface area contributed by atoms with Crippen LogP contribution in [0.3, 0.4) is 0 Å². The summed E-state index contributed by atoms with van der Waals surface area (Å²) in [6.07, 6.45) is 3.15. The molecule has 0 atom stereocenters. The highest BCUT2D eigenvalue weighted by Gasteiger charge is 2.21. The fourth-order valence-electron chi connectivity index (χ4n) is 2.98. The highest BCUT2D eigenvalue weighted by Crippen LogP contribution is 2.27. The lowest BCUT2D eigenvalue weighted by Gasteiger charge is -2.32. The number of thiazole rings is 1. The number of hydrogen-bond acceptors (Lipinski definition) is 6. The summed E-state index contributed by atoms with van der Waals surface area (Å²) in [7, 11) is 2.06. The number of anilines is 1. The molecular weight excluding hydrogens is 362 g/mol. The van der Waals surface area contributed by atoms with E-state index in [-0.39, 0.29) is 11.8 Å². The maximum atomic E-state index is 12.7. The minimum absolute atomic E-state index is 0.0424. The lowest BCUT2D eigenvalue weighted by atomic mass is 10.1. The molecule has 0 bridgehead atoms. The van der Waals surface area contributed by atoms with Crippen molar-refractivity contribution in [3.05, 3.63) is 53.9 Å². The predicted molar refractivity (Wildman–Crippen MR) is 105 cm³/mol. The topological polar surface area (TPSA) is 78.4 Å². The number of rotatable bonds is 3. The van der Waals surface area contributed by atoms with Gasteiger partial charge in [0, 0.05) is 49.7 Å². The van der Waals surface area contributed by atoms with Crippen LogP contribution in [-0.2, 0) is 0 Å². The number of likely N-dealkylation sites (N-methyl/N-ethyl adjacent to an activating group) is 1. The van der Waals surface area contributed by atoms with Gasteiger partial charge in [-0.3, -0.25) is 19.9 Å². The van der Waals surface area contributed by atoms with Gasteiger partial charge in [0.15, 0.2) is 5.13 Å². The first-order valence-electron chi connectivity index (χ1n) is 8.70. The lowest BCUT2D eigenvalue weighted by molar-refractivity contribution is 0.0664. The summed E-state index contributed by atoms with van der Waals surface area (Å²) in [6.45, 7) is 3.26. The molecule has 3 heterocycles. The van der Waals surface area contributed by atoms with Crippen LogP contribution in [0.25, 0.3) is 10.2 Å². The van der Waals surface area contributed by atoms with Crippen molar-refractivity contribution >= 4 is 38.5 Å². The van der Waals surface area contributed by atoms with Crippen LogP contribution in [0, 0.1) is 0 Å². The number of nitrogens with one attached hydrogen (secondary N) is 1. The zero-order chi connectivity index (χ0) is 18.8. The normalized spacial score (nSPS) is 15.1. The van der Waals surface area contributed by atoms with Gasteiger partial charge in [0.1, 0.15) is 0 Å². The average molecular weight is 381 g/mol. The van der Waals surface area contributed by atoms with E-state index in [1.165, 1.54) is 11.3 Å². The van der Waals surface area contributed by atoms with Crippen LogP contribution in [0.2, 0.25) is 0 Å². The Bertz CT molecular complexity index is 980. The average Bonchev–Trinajstić information content (AvgIpc) is 3.10. The summed E-state index contributed by atoms with van der Waals surface area (Å²) in [4.78, 5) is 37.4. The van der Waals surface area contributed by atoms with Crippen molar-refractivity contribution in [1.82, 2.24) is 19.8 Å². The first kappa shape index (κ1) is 17.6. The van der Waals surface area contributed by atoms with E-state index in [0.29, 0.717) is 16.3 Å². The fraction of sp³-hybridized carbons (Fsp3) is 0.263. The Kier molecular flexibility index (Phi) is 4.83. The molecule has 1 aliphatic heterocycles. The van der Waals surface area contributed by atoms with Gasteiger partial charge in [-0.05, 0) is 37.4 Å². The first-order valence-corrected chi connectivity index (χ1v) is 9.51. The highest BCUT2D eigenvalue weighted by molar-refractivity contribution is 7.22. The van der Waals surface area contributed by atoms with Gasteiger partial charge >= 0.3 is 0 Å². The largest absolute Gasteiger partial charge is 0.336 e. The van der Waals surface area contributed by atoms with Crippen LogP contribution >= 0.6 is 11.3 Å². The van der Waals surface area contributed by atoms with E-state index in [2.05, 4.69) is 27.2 Å². The second-order valence-corrected chi connectivity index (χ2v) is 7.52. The molecule has 7 nitrogen and oxygen atoms in total. The van der Waals surface area contributed by atoms with Gasteiger partial charge in [-0.25, -0.2) is 4.98 Å². The molecule has 1 N–H and O–H groups in total. The molecule has 1 aromatic carbocycles. The maximum absolute atomic E-state index is 12.7. The lowest BCUT2D eigenvalue weighted by Crippen LogP contribution is -2.47. The fourth-order valence-corrected chi connectivity index (χ4v) is 3.88. The Morgan fingerprint density at radius 1 is 1.04 bits per heavy atom. The Balaban J connectivity index is 1.51. The molecule has 27 heavy (non-hydrogen) atoms. The zero-order valence-corrected chi connectivity index (χ0v) is 15.7. The maximum Gasteiger partial charge on any atom is 0.257 e. The molecule has 0 unspecified atom stereocenters. The second-order valence-electron chi connectivity index (χ2n) is 6.49. The van der Waals surface area contributed by atoms with Gasteiger partial charge in [0.2, 0.25) is 0 Å². The smallest absolute Gasteiger partial charge is 0.257 e. The molecule has 1 aliphatic rings. The summed E-state index contributed by atoms with van der Waals surface area (Å²) in [5.74, 6) is -0.189. The third-order valence-corrected chi connectivity index (χ3v) is 5.52. The number of benzene rings is 1. The van der Waals surface area contributed by atoms with Crippen molar-refractivity contribution < 1.29 is 9.59 Å². The molecule has 1 fully saturated rings. The van der Waals surface area contributed by atoms with Gasteiger partial charge in [-0.2, -0.15) is 0 Å². The number of amides is 2. The molecular formula is C19H19N5O2S. The van der Waals surface area contributed by atoms with Crippen LogP contribution in [0.5, 0.6) is 0 Å². The quantitative estimate of drug-likeness (QED) is 0.753. The Morgan fingerprint density at radius 2 is 1.78 bits per heavy atom. The Hall–Kier alpha value is -2.84. The summed E-state index contributed by atoms with van der Waals surface area (Å²) < 4.78 is 0.875.